The molecule has 0 radical (unpaired) electrons. The third-order valence-corrected chi connectivity index (χ3v) is 9.49. The van der Waals surface area contributed by atoms with Crippen LogP contribution in [0.4, 0.5) is 4.79 Å². The summed E-state index contributed by atoms with van der Waals surface area (Å²) in [6.45, 7) is 15.0. The van der Waals surface area contributed by atoms with Crippen LogP contribution in [-0.2, 0) is 36.6 Å². The van der Waals surface area contributed by atoms with Gasteiger partial charge in [-0.05, 0) is 114 Å². The van der Waals surface area contributed by atoms with Gasteiger partial charge in [0.25, 0.3) is 0 Å². The second-order valence-corrected chi connectivity index (χ2v) is 15.9. The van der Waals surface area contributed by atoms with Crippen LogP contribution >= 0.6 is 0 Å². The van der Waals surface area contributed by atoms with E-state index in [-0.39, 0.29) is 24.5 Å². The predicted molar refractivity (Wildman–Crippen MR) is 195 cm³/mol. The maximum absolute atomic E-state index is 13.2. The van der Waals surface area contributed by atoms with E-state index in [1.165, 1.54) is 5.56 Å². The molecule has 2 heterocycles. The molecule has 1 aliphatic heterocycles. The van der Waals surface area contributed by atoms with Crippen molar-refractivity contribution in [3.05, 3.63) is 65.1 Å². The van der Waals surface area contributed by atoms with Crippen LogP contribution in [-0.4, -0.2) is 63.0 Å². The number of nitrogens with zero attached hydrogens (tertiary/aromatic N) is 2. The van der Waals surface area contributed by atoms with Crippen molar-refractivity contribution < 1.29 is 33.4 Å². The number of carbonyl (C=O) groups excluding carboxylic acids is 4. The van der Waals surface area contributed by atoms with E-state index >= 15 is 0 Å². The molecule has 2 aromatic carbocycles. The summed E-state index contributed by atoms with van der Waals surface area (Å²) in [5.74, 6) is -1.88. The summed E-state index contributed by atoms with van der Waals surface area (Å²) >= 11 is 0. The molecule has 0 bridgehead atoms. The Bertz CT molecular complexity index is 1760. The van der Waals surface area contributed by atoms with Gasteiger partial charge < -0.3 is 19.2 Å². The molecule has 0 spiro atoms. The minimum absolute atomic E-state index is 0.151. The molecule has 3 aromatic rings. The van der Waals surface area contributed by atoms with Crippen LogP contribution in [0, 0.1) is 11.8 Å². The van der Waals surface area contributed by atoms with E-state index in [1.54, 1.807) is 38.7 Å². The standard InChI is InChI=1S/C41H53N3O7/c1-9-10-12-30(25(2)37(46)50-40(3,4)5)38(47)49-24-35(45)29-17-19-32-27(22-29)15-14-26-21-28(16-18-31(26)32)33-23-42-36(43-33)34-13-11-20-44(34)39(48)51-41(6,7)8/h16-19,21-23,25,30,34H,9-15,20,24H2,1-8H3,(H,42,43). The molecule has 3 unspecified atom stereocenters. The number of aryl methyl sites for hydroxylation is 2. The minimum Gasteiger partial charge on any atom is -0.460 e. The quantitative estimate of drug-likeness (QED) is 0.120. The van der Waals surface area contributed by atoms with Crippen molar-refractivity contribution >= 4 is 23.8 Å². The number of aromatic amines is 1. The lowest BCUT2D eigenvalue weighted by molar-refractivity contribution is -0.167. The number of carbonyl (C=O) groups is 4. The number of H-pyrrole nitrogens is 1. The molecule has 1 fully saturated rings. The summed E-state index contributed by atoms with van der Waals surface area (Å²) in [5, 5.41) is 0. The first kappa shape index (κ1) is 37.8. The van der Waals surface area contributed by atoms with Crippen LogP contribution in [0.3, 0.4) is 0 Å². The predicted octanol–water partition coefficient (Wildman–Crippen LogP) is 8.42. The zero-order chi connectivity index (χ0) is 37.1. The van der Waals surface area contributed by atoms with Gasteiger partial charge in [-0.3, -0.25) is 19.3 Å². The monoisotopic (exact) mass is 699 g/mol. The number of likely N-dealkylation sites (tertiary alicyclic amines) is 1. The van der Waals surface area contributed by atoms with Gasteiger partial charge in [-0.2, -0.15) is 0 Å². The molecule has 0 saturated carbocycles. The van der Waals surface area contributed by atoms with Crippen LogP contribution in [0.5, 0.6) is 0 Å². The molecule has 1 saturated heterocycles. The van der Waals surface area contributed by atoms with Crippen LogP contribution in [0.15, 0.2) is 42.6 Å². The fourth-order valence-corrected chi connectivity index (χ4v) is 6.86. The van der Waals surface area contributed by atoms with E-state index in [1.807, 2.05) is 46.0 Å². The fourth-order valence-electron chi connectivity index (χ4n) is 6.86. The first-order valence-corrected chi connectivity index (χ1v) is 18.3. The molecule has 1 amide bonds. The molecule has 1 aromatic heterocycles. The number of nitrogens with one attached hydrogen (secondary N) is 1. The molecule has 10 nitrogen and oxygen atoms in total. The highest BCUT2D eigenvalue weighted by molar-refractivity contribution is 5.99. The average Bonchev–Trinajstić information content (AvgIpc) is 3.76. The number of amides is 1. The number of esters is 2. The van der Waals surface area contributed by atoms with Gasteiger partial charge in [0.2, 0.25) is 0 Å². The molecule has 10 heteroatoms. The molecule has 1 N–H and O–H groups in total. The maximum Gasteiger partial charge on any atom is 0.410 e. The van der Waals surface area contributed by atoms with E-state index in [4.69, 9.17) is 14.2 Å². The number of aromatic nitrogens is 2. The highest BCUT2D eigenvalue weighted by Gasteiger charge is 2.36. The van der Waals surface area contributed by atoms with Gasteiger partial charge in [0.05, 0.1) is 29.8 Å². The van der Waals surface area contributed by atoms with Crippen molar-refractivity contribution in [1.82, 2.24) is 14.9 Å². The van der Waals surface area contributed by atoms with Gasteiger partial charge in [0.15, 0.2) is 12.4 Å². The second-order valence-electron chi connectivity index (χ2n) is 15.9. The lowest BCUT2D eigenvalue weighted by atomic mass is 9.83. The van der Waals surface area contributed by atoms with Gasteiger partial charge in [0, 0.05) is 12.1 Å². The normalized spacial score (nSPS) is 16.9. The third kappa shape index (κ3) is 9.26. The Balaban J connectivity index is 1.24. The molecule has 51 heavy (non-hydrogen) atoms. The Morgan fingerprint density at radius 2 is 1.59 bits per heavy atom. The van der Waals surface area contributed by atoms with Crippen molar-refractivity contribution in [3.8, 4) is 22.4 Å². The van der Waals surface area contributed by atoms with Gasteiger partial charge in [-0.15, -0.1) is 0 Å². The average molecular weight is 700 g/mol. The van der Waals surface area contributed by atoms with Gasteiger partial charge >= 0.3 is 18.0 Å². The first-order chi connectivity index (χ1) is 24.0. The topological polar surface area (TPSA) is 128 Å². The van der Waals surface area contributed by atoms with Crippen molar-refractivity contribution in [3.63, 3.8) is 0 Å². The Hall–Kier alpha value is -4.47. The van der Waals surface area contributed by atoms with Crippen LogP contribution in [0.2, 0.25) is 0 Å². The minimum atomic E-state index is -0.681. The van der Waals surface area contributed by atoms with E-state index in [2.05, 4.69) is 28.2 Å². The Morgan fingerprint density at radius 3 is 2.25 bits per heavy atom. The number of fused-ring (bicyclic) bond motifs is 3. The summed E-state index contributed by atoms with van der Waals surface area (Å²) in [6, 6.07) is 11.9. The smallest absolute Gasteiger partial charge is 0.410 e. The number of imidazole rings is 1. The Morgan fingerprint density at radius 1 is 0.922 bits per heavy atom. The summed E-state index contributed by atoms with van der Waals surface area (Å²) in [4.78, 5) is 61.8. The molecule has 3 atom stereocenters. The highest BCUT2D eigenvalue weighted by atomic mass is 16.6. The first-order valence-electron chi connectivity index (χ1n) is 18.3. The van der Waals surface area contributed by atoms with Gasteiger partial charge in [0.1, 0.15) is 17.0 Å². The van der Waals surface area contributed by atoms with Crippen LogP contribution in [0.1, 0.15) is 121 Å². The van der Waals surface area contributed by atoms with E-state index in [9.17, 15) is 19.2 Å². The number of rotatable bonds is 11. The summed E-state index contributed by atoms with van der Waals surface area (Å²) in [6.07, 6.45) is 6.91. The number of unbranched alkanes of at least 4 members (excludes halogenated alkanes) is 1. The van der Waals surface area contributed by atoms with Crippen molar-refractivity contribution in [2.24, 2.45) is 11.8 Å². The SMILES string of the molecule is CCCCC(C(=O)OCC(=O)c1ccc2c(c1)CCc1cc(-c3cnc(C4CCCN4C(=O)OC(C)(C)C)[nH]3)ccc1-2)C(C)C(=O)OC(C)(C)C. The molecular formula is C41H53N3O7. The van der Waals surface area contributed by atoms with E-state index in [0.29, 0.717) is 18.5 Å². The van der Waals surface area contributed by atoms with E-state index < -0.39 is 35.0 Å². The highest BCUT2D eigenvalue weighted by Crippen LogP contribution is 2.38. The summed E-state index contributed by atoms with van der Waals surface area (Å²) < 4.78 is 16.7. The zero-order valence-corrected chi connectivity index (χ0v) is 31.4. The summed E-state index contributed by atoms with van der Waals surface area (Å²) in [5.41, 5.74) is 5.64. The lowest BCUT2D eigenvalue weighted by Gasteiger charge is -2.27. The van der Waals surface area contributed by atoms with Crippen molar-refractivity contribution in [1.29, 1.82) is 0 Å². The fraction of sp³-hybridized carbons (Fsp3) is 0.537. The molecule has 2 aliphatic rings. The lowest BCUT2D eigenvalue weighted by Crippen LogP contribution is -2.36. The van der Waals surface area contributed by atoms with Crippen LogP contribution < -0.4 is 0 Å². The summed E-state index contributed by atoms with van der Waals surface area (Å²) in [7, 11) is 0. The van der Waals surface area contributed by atoms with Crippen molar-refractivity contribution in [2.45, 2.75) is 118 Å². The van der Waals surface area contributed by atoms with Gasteiger partial charge in [-0.25, -0.2) is 9.78 Å². The number of hydrogen-bond donors (Lipinski definition) is 1. The molecule has 5 rings (SSSR count). The Kier molecular flexibility index (Phi) is 11.4. The zero-order valence-electron chi connectivity index (χ0n) is 31.4. The van der Waals surface area contributed by atoms with Crippen LogP contribution in [0.25, 0.3) is 22.4 Å². The van der Waals surface area contributed by atoms with Crippen molar-refractivity contribution in [2.75, 3.05) is 13.2 Å². The molecular weight excluding hydrogens is 646 g/mol. The number of hydrogen-bond acceptors (Lipinski definition) is 8. The van der Waals surface area contributed by atoms with E-state index in [0.717, 1.165) is 72.3 Å². The molecule has 1 aliphatic carbocycles. The molecule has 274 valence electrons. The maximum atomic E-state index is 13.2. The number of Topliss-reactive ketones (excluding diaryl/α,β-unsaturated/α-hetero) is 1. The third-order valence-electron chi connectivity index (χ3n) is 9.49. The number of ketones is 1. The van der Waals surface area contributed by atoms with Gasteiger partial charge in [-0.1, -0.05) is 51.0 Å². The number of benzene rings is 2. The number of ether oxygens (including phenoxy) is 3. The Labute approximate surface area is 301 Å². The second kappa shape index (κ2) is 15.4. The largest absolute Gasteiger partial charge is 0.460 e.